The molecule has 2 fully saturated rings. The summed E-state index contributed by atoms with van der Waals surface area (Å²) in [7, 11) is 0. The van der Waals surface area contributed by atoms with Crippen LogP contribution in [0.4, 0.5) is 5.69 Å². The fourth-order valence-corrected chi connectivity index (χ4v) is 4.75. The highest BCUT2D eigenvalue weighted by molar-refractivity contribution is 5.95. The van der Waals surface area contributed by atoms with Crippen molar-refractivity contribution in [3.05, 3.63) is 41.6 Å². The van der Waals surface area contributed by atoms with Crippen molar-refractivity contribution < 1.29 is 9.59 Å². The molecule has 2 saturated heterocycles. The molecule has 0 aliphatic carbocycles. The van der Waals surface area contributed by atoms with Gasteiger partial charge in [0.05, 0.1) is 6.54 Å². The second kappa shape index (κ2) is 9.88. The Hall–Kier alpha value is -2.30. The number of rotatable bonds is 8. The summed E-state index contributed by atoms with van der Waals surface area (Å²) in [4.78, 5) is 31.8. The number of likely N-dealkylation sites (tertiary alicyclic amines) is 2. The zero-order valence-electron chi connectivity index (χ0n) is 20.0. The van der Waals surface area contributed by atoms with Crippen LogP contribution in [0.5, 0.6) is 0 Å². The van der Waals surface area contributed by atoms with Crippen molar-refractivity contribution in [2.45, 2.75) is 60.3 Å². The van der Waals surface area contributed by atoms with Gasteiger partial charge in [-0.2, -0.15) is 0 Å². The van der Waals surface area contributed by atoms with Gasteiger partial charge in [-0.25, -0.2) is 0 Å². The molecule has 5 heteroatoms. The number of amides is 2. The molecule has 1 aromatic rings. The molecule has 0 aromatic heterocycles. The predicted molar refractivity (Wildman–Crippen MR) is 127 cm³/mol. The van der Waals surface area contributed by atoms with E-state index in [9.17, 15) is 9.59 Å². The average molecular weight is 426 g/mol. The molecule has 170 valence electrons. The lowest BCUT2D eigenvalue weighted by Crippen LogP contribution is -2.40. The minimum absolute atomic E-state index is 0.0573. The first-order valence-electron chi connectivity index (χ1n) is 11.8. The number of nitrogens with zero attached hydrogens (tertiary/aromatic N) is 3. The quantitative estimate of drug-likeness (QED) is 0.611. The number of carbonyl (C=O) groups is 2. The molecular weight excluding hydrogens is 386 g/mol. The summed E-state index contributed by atoms with van der Waals surface area (Å²) >= 11 is 0. The fraction of sp³-hybridized carbons (Fsp3) is 0.615. The molecular formula is C26H39N3O2. The highest BCUT2D eigenvalue weighted by atomic mass is 16.2. The van der Waals surface area contributed by atoms with Gasteiger partial charge < -0.3 is 14.7 Å². The number of unbranched alkanes of at least 4 members (excludes halogenated alkanes) is 1. The molecule has 2 aliphatic heterocycles. The van der Waals surface area contributed by atoms with Crippen molar-refractivity contribution in [1.29, 1.82) is 0 Å². The van der Waals surface area contributed by atoms with Crippen LogP contribution in [-0.2, 0) is 9.59 Å². The third kappa shape index (κ3) is 6.11. The summed E-state index contributed by atoms with van der Waals surface area (Å²) in [6, 6.07) is 8.22. The molecule has 3 rings (SSSR count). The van der Waals surface area contributed by atoms with Crippen molar-refractivity contribution in [1.82, 2.24) is 9.80 Å². The van der Waals surface area contributed by atoms with Crippen molar-refractivity contribution in [3.8, 4) is 0 Å². The lowest BCUT2D eigenvalue weighted by molar-refractivity contribution is -0.127. The maximum Gasteiger partial charge on any atom is 0.246 e. The van der Waals surface area contributed by atoms with E-state index in [1.165, 1.54) is 11.3 Å². The van der Waals surface area contributed by atoms with Gasteiger partial charge >= 0.3 is 0 Å². The Bertz CT molecular complexity index is 830. The standard InChI is InChI=1S/C26H39N3O2/c1-6-7-12-29(23-10-8-9-20(2)14-23)25(31)18-28-17-21(3)15-22(28)11-13-27-19-26(4,5)16-24(27)30/h8-11,14,21H,6-7,12-13,15-19H2,1-5H3/b22-11+. The Labute approximate surface area is 188 Å². The maximum absolute atomic E-state index is 13.4. The molecule has 0 radical (unpaired) electrons. The van der Waals surface area contributed by atoms with Gasteiger partial charge in [0.1, 0.15) is 0 Å². The van der Waals surface area contributed by atoms with Crippen molar-refractivity contribution in [2.75, 3.05) is 37.6 Å². The van der Waals surface area contributed by atoms with E-state index < -0.39 is 0 Å². The van der Waals surface area contributed by atoms with Crippen LogP contribution in [0.25, 0.3) is 0 Å². The Morgan fingerprint density at radius 1 is 1.29 bits per heavy atom. The predicted octanol–water partition coefficient (Wildman–Crippen LogP) is 4.61. The molecule has 2 aliphatic rings. The first-order chi connectivity index (χ1) is 14.7. The highest BCUT2D eigenvalue weighted by Gasteiger charge is 2.35. The van der Waals surface area contributed by atoms with Crippen LogP contribution in [0.3, 0.4) is 0 Å². The first-order valence-corrected chi connectivity index (χ1v) is 11.8. The van der Waals surface area contributed by atoms with Gasteiger partial charge in [0.2, 0.25) is 11.8 Å². The largest absolute Gasteiger partial charge is 0.365 e. The van der Waals surface area contributed by atoms with E-state index in [1.54, 1.807) is 0 Å². The van der Waals surface area contributed by atoms with Crippen LogP contribution in [0.1, 0.15) is 58.9 Å². The SMILES string of the molecule is CCCCN(C(=O)CN1CC(C)C/C1=C\CN1CC(C)(C)CC1=O)c1cccc(C)c1. The van der Waals surface area contributed by atoms with E-state index in [2.05, 4.69) is 57.7 Å². The van der Waals surface area contributed by atoms with Crippen LogP contribution in [-0.4, -0.2) is 54.3 Å². The summed E-state index contributed by atoms with van der Waals surface area (Å²) in [6.45, 7) is 14.2. The third-order valence-electron chi connectivity index (χ3n) is 6.32. The van der Waals surface area contributed by atoms with E-state index in [0.717, 1.165) is 44.6 Å². The summed E-state index contributed by atoms with van der Waals surface area (Å²) in [5.41, 5.74) is 3.42. The van der Waals surface area contributed by atoms with Crippen LogP contribution in [0.15, 0.2) is 36.0 Å². The lowest BCUT2D eigenvalue weighted by Gasteiger charge is -2.28. The minimum Gasteiger partial charge on any atom is -0.365 e. The van der Waals surface area contributed by atoms with Crippen molar-refractivity contribution in [2.24, 2.45) is 11.3 Å². The molecule has 1 aromatic carbocycles. The molecule has 0 spiro atoms. The molecule has 2 amide bonds. The topological polar surface area (TPSA) is 43.9 Å². The summed E-state index contributed by atoms with van der Waals surface area (Å²) in [6.07, 6.45) is 5.82. The van der Waals surface area contributed by atoms with Crippen molar-refractivity contribution >= 4 is 17.5 Å². The molecule has 0 saturated carbocycles. The second-order valence-corrected chi connectivity index (χ2v) is 10.2. The zero-order chi connectivity index (χ0) is 22.6. The van der Waals surface area contributed by atoms with E-state index in [0.29, 0.717) is 25.4 Å². The lowest BCUT2D eigenvalue weighted by atomic mass is 9.93. The summed E-state index contributed by atoms with van der Waals surface area (Å²) < 4.78 is 0. The highest BCUT2D eigenvalue weighted by Crippen LogP contribution is 2.31. The van der Waals surface area contributed by atoms with Crippen molar-refractivity contribution in [3.63, 3.8) is 0 Å². The number of aryl methyl sites for hydroxylation is 1. The van der Waals surface area contributed by atoms with E-state index in [1.807, 2.05) is 21.9 Å². The zero-order valence-corrected chi connectivity index (χ0v) is 20.0. The van der Waals surface area contributed by atoms with Gasteiger partial charge in [-0.05, 0) is 54.9 Å². The third-order valence-corrected chi connectivity index (χ3v) is 6.32. The van der Waals surface area contributed by atoms with Crippen LogP contribution in [0.2, 0.25) is 0 Å². The van der Waals surface area contributed by atoms with Crippen LogP contribution < -0.4 is 4.90 Å². The van der Waals surface area contributed by atoms with Crippen LogP contribution >= 0.6 is 0 Å². The first kappa shape index (κ1) is 23.4. The van der Waals surface area contributed by atoms with Gasteiger partial charge in [-0.1, -0.05) is 46.2 Å². The summed E-state index contributed by atoms with van der Waals surface area (Å²) in [5, 5.41) is 0. The van der Waals surface area contributed by atoms with E-state index in [4.69, 9.17) is 0 Å². The minimum atomic E-state index is 0.0573. The number of benzene rings is 1. The molecule has 0 bridgehead atoms. The average Bonchev–Trinajstić information content (AvgIpc) is 3.17. The molecule has 2 heterocycles. The number of carbonyl (C=O) groups excluding carboxylic acids is 2. The monoisotopic (exact) mass is 425 g/mol. The number of anilines is 1. The Balaban J connectivity index is 1.70. The smallest absolute Gasteiger partial charge is 0.246 e. The molecule has 1 atom stereocenters. The number of allylic oxidation sites excluding steroid dienone is 1. The maximum atomic E-state index is 13.4. The Morgan fingerprint density at radius 3 is 2.71 bits per heavy atom. The molecule has 0 N–H and O–H groups in total. The number of hydrogen-bond donors (Lipinski definition) is 0. The Kier molecular flexibility index (Phi) is 7.45. The van der Waals surface area contributed by atoms with E-state index in [-0.39, 0.29) is 17.2 Å². The summed E-state index contributed by atoms with van der Waals surface area (Å²) in [5.74, 6) is 0.908. The van der Waals surface area contributed by atoms with Gasteiger partial charge in [-0.15, -0.1) is 0 Å². The van der Waals surface area contributed by atoms with Gasteiger partial charge in [0.25, 0.3) is 0 Å². The van der Waals surface area contributed by atoms with E-state index >= 15 is 0 Å². The normalized spacial score (nSPS) is 21.9. The molecule has 31 heavy (non-hydrogen) atoms. The fourth-order valence-electron chi connectivity index (χ4n) is 4.75. The second-order valence-electron chi connectivity index (χ2n) is 10.2. The van der Waals surface area contributed by atoms with Gasteiger partial charge in [0, 0.05) is 44.0 Å². The number of hydrogen-bond acceptors (Lipinski definition) is 3. The molecule has 1 unspecified atom stereocenters. The molecule has 5 nitrogen and oxygen atoms in total. The Morgan fingerprint density at radius 2 is 2.06 bits per heavy atom. The van der Waals surface area contributed by atoms with Gasteiger partial charge in [0.15, 0.2) is 0 Å². The van der Waals surface area contributed by atoms with Gasteiger partial charge in [-0.3, -0.25) is 9.59 Å². The van der Waals surface area contributed by atoms with Crippen LogP contribution in [0, 0.1) is 18.3 Å².